The minimum atomic E-state index is -0.331. The summed E-state index contributed by atoms with van der Waals surface area (Å²) < 4.78 is 0. The highest BCUT2D eigenvalue weighted by Gasteiger charge is 2.38. The van der Waals surface area contributed by atoms with E-state index in [1.807, 2.05) is 18.7 Å². The van der Waals surface area contributed by atoms with Crippen molar-refractivity contribution in [3.8, 4) is 0 Å². The number of carbonyl (C=O) groups is 2. The molecule has 2 fully saturated rings. The molecular formula is C15H27N3O2. The molecule has 0 aliphatic carbocycles. The van der Waals surface area contributed by atoms with Crippen LogP contribution < -0.4 is 5.32 Å². The van der Waals surface area contributed by atoms with Crippen LogP contribution in [0.5, 0.6) is 0 Å². The third kappa shape index (κ3) is 3.32. The predicted molar refractivity (Wildman–Crippen MR) is 78.2 cm³/mol. The second-order valence-electron chi connectivity index (χ2n) is 6.29. The van der Waals surface area contributed by atoms with Crippen LogP contribution in [0.3, 0.4) is 0 Å². The molecular weight excluding hydrogens is 254 g/mol. The Morgan fingerprint density at radius 2 is 2.10 bits per heavy atom. The molecule has 0 aromatic carbocycles. The van der Waals surface area contributed by atoms with Gasteiger partial charge in [0.05, 0.1) is 0 Å². The SMILES string of the molecule is CCCC1NC(=O)C(C)N(CC2CCCN(C)C2)C1=O. The highest BCUT2D eigenvalue weighted by Crippen LogP contribution is 2.20. The molecule has 2 aliphatic heterocycles. The Morgan fingerprint density at radius 3 is 2.75 bits per heavy atom. The largest absolute Gasteiger partial charge is 0.343 e. The van der Waals surface area contributed by atoms with Crippen molar-refractivity contribution in [1.82, 2.24) is 15.1 Å². The molecule has 2 amide bonds. The average Bonchev–Trinajstić information content (AvgIpc) is 2.41. The molecule has 2 heterocycles. The van der Waals surface area contributed by atoms with Crippen molar-refractivity contribution in [3.63, 3.8) is 0 Å². The monoisotopic (exact) mass is 281 g/mol. The summed E-state index contributed by atoms with van der Waals surface area (Å²) in [7, 11) is 2.13. The maximum Gasteiger partial charge on any atom is 0.245 e. The summed E-state index contributed by atoms with van der Waals surface area (Å²) in [5.74, 6) is 0.590. The molecule has 20 heavy (non-hydrogen) atoms. The maximum absolute atomic E-state index is 12.5. The molecule has 114 valence electrons. The fraction of sp³-hybridized carbons (Fsp3) is 0.867. The summed E-state index contributed by atoms with van der Waals surface area (Å²) in [6, 6.07) is -0.646. The van der Waals surface area contributed by atoms with E-state index in [0.717, 1.165) is 38.9 Å². The first kappa shape index (κ1) is 15.3. The molecule has 0 bridgehead atoms. The van der Waals surface area contributed by atoms with Crippen LogP contribution in [0.15, 0.2) is 0 Å². The normalized spacial score (nSPS) is 32.4. The van der Waals surface area contributed by atoms with Crippen molar-refractivity contribution >= 4 is 11.8 Å². The summed E-state index contributed by atoms with van der Waals surface area (Å²) in [5, 5.41) is 2.85. The van der Waals surface area contributed by atoms with E-state index in [-0.39, 0.29) is 23.9 Å². The molecule has 5 nitrogen and oxygen atoms in total. The van der Waals surface area contributed by atoms with Gasteiger partial charge in [0.2, 0.25) is 11.8 Å². The minimum absolute atomic E-state index is 0.00721. The number of rotatable bonds is 4. The number of nitrogens with one attached hydrogen (secondary N) is 1. The molecule has 2 saturated heterocycles. The first-order chi connectivity index (χ1) is 9.52. The topological polar surface area (TPSA) is 52.7 Å². The zero-order valence-electron chi connectivity index (χ0n) is 12.9. The van der Waals surface area contributed by atoms with E-state index in [0.29, 0.717) is 5.92 Å². The molecule has 3 unspecified atom stereocenters. The van der Waals surface area contributed by atoms with Crippen molar-refractivity contribution in [3.05, 3.63) is 0 Å². The molecule has 0 spiro atoms. The summed E-state index contributed by atoms with van der Waals surface area (Å²) >= 11 is 0. The van der Waals surface area contributed by atoms with Gasteiger partial charge < -0.3 is 15.1 Å². The van der Waals surface area contributed by atoms with Gasteiger partial charge >= 0.3 is 0 Å². The van der Waals surface area contributed by atoms with Crippen molar-refractivity contribution in [2.45, 2.75) is 51.6 Å². The van der Waals surface area contributed by atoms with Crippen LogP contribution in [0, 0.1) is 5.92 Å². The van der Waals surface area contributed by atoms with E-state index in [1.165, 1.54) is 6.42 Å². The van der Waals surface area contributed by atoms with Crippen molar-refractivity contribution in [1.29, 1.82) is 0 Å². The van der Waals surface area contributed by atoms with Crippen LogP contribution in [0.1, 0.15) is 39.5 Å². The molecule has 0 saturated carbocycles. The number of nitrogens with zero attached hydrogens (tertiary/aromatic N) is 2. The molecule has 0 aromatic heterocycles. The Kier molecular flexibility index (Phi) is 5.02. The fourth-order valence-corrected chi connectivity index (χ4v) is 3.32. The van der Waals surface area contributed by atoms with Gasteiger partial charge in [-0.2, -0.15) is 0 Å². The van der Waals surface area contributed by atoms with E-state index >= 15 is 0 Å². The number of piperidine rings is 1. The van der Waals surface area contributed by atoms with Gasteiger partial charge in [-0.25, -0.2) is 0 Å². The highest BCUT2D eigenvalue weighted by atomic mass is 16.2. The molecule has 2 aliphatic rings. The van der Waals surface area contributed by atoms with Crippen LogP contribution in [-0.4, -0.2) is 60.4 Å². The molecule has 3 atom stereocenters. The smallest absolute Gasteiger partial charge is 0.245 e. The lowest BCUT2D eigenvalue weighted by atomic mass is 9.95. The lowest BCUT2D eigenvalue weighted by molar-refractivity contribution is -0.149. The average molecular weight is 281 g/mol. The van der Waals surface area contributed by atoms with Gasteiger partial charge in [-0.1, -0.05) is 13.3 Å². The van der Waals surface area contributed by atoms with Gasteiger partial charge in [-0.15, -0.1) is 0 Å². The highest BCUT2D eigenvalue weighted by molar-refractivity contribution is 5.96. The number of hydrogen-bond acceptors (Lipinski definition) is 3. The number of hydrogen-bond donors (Lipinski definition) is 1. The molecule has 0 aromatic rings. The summed E-state index contributed by atoms with van der Waals surface area (Å²) in [6.45, 7) is 6.76. The number of piperazine rings is 1. The van der Waals surface area contributed by atoms with Crippen LogP contribution in [0.25, 0.3) is 0 Å². The third-order valence-electron chi connectivity index (χ3n) is 4.50. The van der Waals surface area contributed by atoms with E-state index in [1.54, 1.807) is 0 Å². The van der Waals surface area contributed by atoms with Gasteiger partial charge in [0.25, 0.3) is 0 Å². The van der Waals surface area contributed by atoms with Crippen molar-refractivity contribution in [2.75, 3.05) is 26.7 Å². The first-order valence-electron chi connectivity index (χ1n) is 7.82. The van der Waals surface area contributed by atoms with Crippen LogP contribution in [0.2, 0.25) is 0 Å². The zero-order valence-corrected chi connectivity index (χ0v) is 12.9. The lowest BCUT2D eigenvalue weighted by Gasteiger charge is -2.41. The minimum Gasteiger partial charge on any atom is -0.343 e. The van der Waals surface area contributed by atoms with Crippen molar-refractivity contribution < 1.29 is 9.59 Å². The van der Waals surface area contributed by atoms with Gasteiger partial charge in [0.1, 0.15) is 12.1 Å². The van der Waals surface area contributed by atoms with Crippen molar-refractivity contribution in [2.24, 2.45) is 5.92 Å². The lowest BCUT2D eigenvalue weighted by Crippen LogP contribution is -2.63. The summed E-state index contributed by atoms with van der Waals surface area (Å²) in [4.78, 5) is 28.7. The zero-order chi connectivity index (χ0) is 14.7. The number of likely N-dealkylation sites (tertiary alicyclic amines) is 1. The van der Waals surface area contributed by atoms with E-state index in [4.69, 9.17) is 0 Å². The Balaban J connectivity index is 2.02. The second kappa shape index (κ2) is 6.57. The Labute approximate surface area is 121 Å². The second-order valence-corrected chi connectivity index (χ2v) is 6.29. The van der Waals surface area contributed by atoms with Crippen LogP contribution >= 0.6 is 0 Å². The van der Waals surface area contributed by atoms with Crippen LogP contribution in [-0.2, 0) is 9.59 Å². The van der Waals surface area contributed by atoms with E-state index in [2.05, 4.69) is 17.3 Å². The maximum atomic E-state index is 12.5. The van der Waals surface area contributed by atoms with Gasteiger partial charge in [0, 0.05) is 13.1 Å². The molecule has 1 N–H and O–H groups in total. The van der Waals surface area contributed by atoms with Gasteiger partial charge in [0.15, 0.2) is 0 Å². The quantitative estimate of drug-likeness (QED) is 0.831. The van der Waals surface area contributed by atoms with Crippen LogP contribution in [0.4, 0.5) is 0 Å². The Hall–Kier alpha value is -1.10. The summed E-state index contributed by atoms with van der Waals surface area (Å²) in [5.41, 5.74) is 0. The first-order valence-corrected chi connectivity index (χ1v) is 7.82. The third-order valence-corrected chi connectivity index (χ3v) is 4.50. The standard InChI is InChI=1S/C15H27N3O2/c1-4-6-13-15(20)18(11(2)14(19)16-13)10-12-7-5-8-17(3)9-12/h11-13H,4-10H2,1-3H3,(H,16,19). The van der Waals surface area contributed by atoms with E-state index < -0.39 is 0 Å². The van der Waals surface area contributed by atoms with E-state index in [9.17, 15) is 9.59 Å². The molecule has 0 radical (unpaired) electrons. The van der Waals surface area contributed by atoms with Gasteiger partial charge in [-0.3, -0.25) is 9.59 Å². The number of carbonyl (C=O) groups excluding carboxylic acids is 2. The Bertz CT molecular complexity index is 372. The summed E-state index contributed by atoms with van der Waals surface area (Å²) in [6.07, 6.45) is 3.98. The predicted octanol–water partition coefficient (Wildman–Crippen LogP) is 0.844. The number of amides is 2. The molecule has 5 heteroatoms. The molecule has 2 rings (SSSR count). The van der Waals surface area contributed by atoms with Gasteiger partial charge in [-0.05, 0) is 45.7 Å². The fourth-order valence-electron chi connectivity index (χ4n) is 3.32. The Morgan fingerprint density at radius 1 is 1.35 bits per heavy atom.